The van der Waals surface area contributed by atoms with E-state index in [0.717, 1.165) is 12.8 Å². The molecule has 13 rings (SSSR count). The highest BCUT2D eigenvalue weighted by molar-refractivity contribution is 6.09. The molecule has 0 aromatic heterocycles. The first-order valence-corrected chi connectivity index (χ1v) is 20.5. The van der Waals surface area contributed by atoms with Gasteiger partial charge in [0.1, 0.15) is 5.92 Å². The van der Waals surface area contributed by atoms with E-state index in [1.165, 1.54) is 33.0 Å². The van der Waals surface area contributed by atoms with Gasteiger partial charge in [-0.15, -0.1) is 0 Å². The van der Waals surface area contributed by atoms with Crippen LogP contribution in [0.25, 0.3) is 10.8 Å². The van der Waals surface area contributed by atoms with Crippen molar-refractivity contribution in [3.63, 3.8) is 0 Å². The van der Waals surface area contributed by atoms with Crippen molar-refractivity contribution in [1.29, 1.82) is 0 Å². The molecule has 10 nitrogen and oxygen atoms in total. The number of esters is 4. The van der Waals surface area contributed by atoms with Crippen LogP contribution in [0, 0.1) is 41.4 Å². The first kappa shape index (κ1) is 34.0. The average molecular weight is 767 g/mol. The summed E-state index contributed by atoms with van der Waals surface area (Å²) in [6, 6.07) is 17.9. The van der Waals surface area contributed by atoms with Crippen LogP contribution in [0.4, 0.5) is 0 Å². The number of fused-ring (bicyclic) bond motifs is 6. The molecule has 3 saturated heterocycles. The third kappa shape index (κ3) is 4.18. The van der Waals surface area contributed by atoms with E-state index < -0.39 is 52.5 Å². The molecule has 4 aliphatic heterocycles. The number of rotatable bonds is 2. The summed E-state index contributed by atoms with van der Waals surface area (Å²) in [4.78, 5) is 50.5. The highest BCUT2D eigenvalue weighted by Crippen LogP contribution is 2.73. The summed E-state index contributed by atoms with van der Waals surface area (Å²) < 4.78 is 37.5. The molecule has 6 aliphatic carbocycles. The van der Waals surface area contributed by atoms with Gasteiger partial charge in [0.2, 0.25) is 0 Å². The SMILES string of the molecule is CC(C)C12c3cc4c(cc3C(C(C)C)(c3cc5ccccc5cc31)C1CC3OC5CC6C(=O)OC(=O)C6CC5OC3CC12)OC1=C(C=CC2C(=O)OC(=O)C2=C1)O4. The van der Waals surface area contributed by atoms with Gasteiger partial charge in [0, 0.05) is 10.8 Å². The number of carbonyl (C=O) groups is 4. The zero-order valence-corrected chi connectivity index (χ0v) is 32.1. The molecule has 2 saturated carbocycles. The van der Waals surface area contributed by atoms with E-state index in [1.54, 1.807) is 18.2 Å². The van der Waals surface area contributed by atoms with Gasteiger partial charge in [0.25, 0.3) is 0 Å². The summed E-state index contributed by atoms with van der Waals surface area (Å²) >= 11 is 0. The van der Waals surface area contributed by atoms with Gasteiger partial charge in [-0.2, -0.15) is 0 Å². The lowest BCUT2D eigenvalue weighted by Gasteiger charge is -2.69. The molecular weight excluding hydrogens is 725 g/mol. The third-order valence-electron chi connectivity index (χ3n) is 15.4. The molecular formula is C47H42O10. The molecule has 11 atom stereocenters. The minimum absolute atomic E-state index is 0.151. The fraction of sp³-hybridized carbons (Fsp3) is 0.447. The summed E-state index contributed by atoms with van der Waals surface area (Å²) in [6.45, 7) is 9.34. The Labute approximate surface area is 329 Å². The van der Waals surface area contributed by atoms with Gasteiger partial charge in [-0.3, -0.25) is 14.4 Å². The molecule has 0 amide bonds. The maximum atomic E-state index is 12.7. The number of carbonyl (C=O) groups excluding carboxylic acids is 4. The molecule has 4 heterocycles. The summed E-state index contributed by atoms with van der Waals surface area (Å²) in [6.07, 6.45) is 6.42. The molecule has 0 spiro atoms. The molecule has 57 heavy (non-hydrogen) atoms. The standard InChI is InChI=1S/C47H42O10/c1-20(2)46-28-11-22-7-5-6-8-23(22)12-29(28)47(21(3)4,33-19-41-40(18-32(33)46)54-36-14-26-27(15-37(36)55-41)45(51)57-44(26)50)31-17-39-38(16-30(31)46)52-34-10-9-24-25(13-35(34)53-39)43(49)56-42(24)48/h5-13,16-17,20-21,24,26-27,32-33,36-37,40-41H,14-15,18-19H2,1-4H3. The Kier molecular flexibility index (Phi) is 6.76. The van der Waals surface area contributed by atoms with Gasteiger partial charge < -0.3 is 28.4 Å². The average Bonchev–Trinajstić information content (AvgIpc) is 3.52. The zero-order valence-electron chi connectivity index (χ0n) is 32.1. The lowest BCUT2D eigenvalue weighted by atomic mass is 9.35. The van der Waals surface area contributed by atoms with Crippen LogP contribution in [-0.2, 0) is 49.0 Å². The molecule has 3 aromatic rings. The van der Waals surface area contributed by atoms with E-state index in [0.29, 0.717) is 35.9 Å². The van der Waals surface area contributed by atoms with Gasteiger partial charge in [0.15, 0.2) is 23.0 Å². The molecule has 290 valence electrons. The number of hydrogen-bond donors (Lipinski definition) is 0. The van der Waals surface area contributed by atoms with E-state index in [4.69, 9.17) is 28.4 Å². The van der Waals surface area contributed by atoms with Crippen LogP contribution >= 0.6 is 0 Å². The van der Waals surface area contributed by atoms with Crippen molar-refractivity contribution >= 4 is 34.6 Å². The fourth-order valence-electron chi connectivity index (χ4n) is 13.3. The van der Waals surface area contributed by atoms with Crippen molar-refractivity contribution in [3.05, 3.63) is 106 Å². The Balaban J connectivity index is 1.04. The zero-order chi connectivity index (χ0) is 38.9. The van der Waals surface area contributed by atoms with E-state index in [-0.39, 0.29) is 53.7 Å². The fourth-order valence-corrected chi connectivity index (χ4v) is 13.3. The molecule has 5 fully saturated rings. The summed E-state index contributed by atoms with van der Waals surface area (Å²) in [5, 5.41) is 2.40. The minimum atomic E-state index is -0.812. The number of cyclic esters (lactones) is 4. The predicted octanol–water partition coefficient (Wildman–Crippen LogP) is 6.89. The Morgan fingerprint density at radius 1 is 0.579 bits per heavy atom. The lowest BCUT2D eigenvalue weighted by Crippen LogP contribution is -2.68. The van der Waals surface area contributed by atoms with E-state index >= 15 is 0 Å². The maximum absolute atomic E-state index is 12.7. The smallest absolute Gasteiger partial charge is 0.343 e. The van der Waals surface area contributed by atoms with Crippen molar-refractivity contribution in [2.45, 2.75) is 88.6 Å². The summed E-state index contributed by atoms with van der Waals surface area (Å²) in [5.74, 6) is -1.34. The maximum Gasteiger partial charge on any atom is 0.343 e. The van der Waals surface area contributed by atoms with Crippen LogP contribution in [0.2, 0.25) is 0 Å². The van der Waals surface area contributed by atoms with Crippen LogP contribution in [0.3, 0.4) is 0 Å². The molecule has 10 heteroatoms. The number of hydrogen-bond acceptors (Lipinski definition) is 10. The first-order valence-electron chi connectivity index (χ1n) is 20.5. The topological polar surface area (TPSA) is 124 Å². The van der Waals surface area contributed by atoms with E-state index in [9.17, 15) is 19.2 Å². The normalized spacial score (nSPS) is 37.6. The van der Waals surface area contributed by atoms with Crippen LogP contribution in [0.1, 0.15) is 75.6 Å². The minimum Gasteiger partial charge on any atom is -0.450 e. The second-order valence-electron chi connectivity index (χ2n) is 18.2. The van der Waals surface area contributed by atoms with Crippen LogP contribution < -0.4 is 9.47 Å². The lowest BCUT2D eigenvalue weighted by molar-refractivity contribution is -0.264. The van der Waals surface area contributed by atoms with Crippen molar-refractivity contribution in [2.75, 3.05) is 0 Å². The van der Waals surface area contributed by atoms with Crippen molar-refractivity contribution in [3.8, 4) is 11.5 Å². The molecule has 10 aliphatic rings. The molecule has 3 aromatic carbocycles. The largest absolute Gasteiger partial charge is 0.450 e. The van der Waals surface area contributed by atoms with Gasteiger partial charge >= 0.3 is 23.9 Å². The summed E-state index contributed by atoms with van der Waals surface area (Å²) in [7, 11) is 0. The second kappa shape index (κ2) is 11.3. The Bertz CT molecular complexity index is 2510. The van der Waals surface area contributed by atoms with Gasteiger partial charge in [-0.25, -0.2) is 4.79 Å². The molecule has 0 radical (unpaired) electrons. The van der Waals surface area contributed by atoms with Gasteiger partial charge in [0.05, 0.1) is 41.8 Å². The molecule has 2 bridgehead atoms. The first-order chi connectivity index (χ1) is 27.5. The van der Waals surface area contributed by atoms with Crippen LogP contribution in [0.15, 0.2) is 83.9 Å². The Morgan fingerprint density at radius 2 is 1.07 bits per heavy atom. The number of benzene rings is 3. The molecule has 11 unspecified atom stereocenters. The predicted molar refractivity (Wildman–Crippen MR) is 203 cm³/mol. The summed E-state index contributed by atoms with van der Waals surface area (Å²) in [5.41, 5.74) is 4.46. The van der Waals surface area contributed by atoms with Crippen molar-refractivity contribution < 1.29 is 47.6 Å². The highest BCUT2D eigenvalue weighted by Gasteiger charge is 2.70. The van der Waals surface area contributed by atoms with Crippen molar-refractivity contribution in [1.82, 2.24) is 0 Å². The van der Waals surface area contributed by atoms with Gasteiger partial charge in [-0.05, 0) is 119 Å². The quantitative estimate of drug-likeness (QED) is 0.201. The Morgan fingerprint density at radius 3 is 1.60 bits per heavy atom. The monoisotopic (exact) mass is 766 g/mol. The second-order valence-corrected chi connectivity index (χ2v) is 18.2. The van der Waals surface area contributed by atoms with Crippen LogP contribution in [0.5, 0.6) is 11.5 Å². The van der Waals surface area contributed by atoms with E-state index in [2.05, 4.69) is 76.2 Å². The third-order valence-corrected chi connectivity index (χ3v) is 15.4. The number of allylic oxidation sites excluding steroid dienone is 2. The van der Waals surface area contributed by atoms with Crippen molar-refractivity contribution in [2.24, 2.45) is 41.4 Å². The number of ether oxygens (including phenoxy) is 6. The van der Waals surface area contributed by atoms with Gasteiger partial charge in [-0.1, -0.05) is 58.0 Å². The molecule has 0 N–H and O–H groups in total. The highest BCUT2D eigenvalue weighted by atomic mass is 16.6. The Hall–Kier alpha value is -5.06. The van der Waals surface area contributed by atoms with Crippen LogP contribution in [-0.4, -0.2) is 48.3 Å². The van der Waals surface area contributed by atoms with E-state index in [1.807, 2.05) is 0 Å².